The molecule has 0 aliphatic rings. The maximum atomic E-state index is 12.1. The number of aromatic nitrogens is 1. The van der Waals surface area contributed by atoms with Crippen molar-refractivity contribution in [1.82, 2.24) is 21.2 Å². The van der Waals surface area contributed by atoms with Crippen molar-refractivity contribution < 1.29 is 41.6 Å². The van der Waals surface area contributed by atoms with Gasteiger partial charge in [0.2, 0.25) is 0 Å². The minimum atomic E-state index is -4.52. The molecule has 15 heteroatoms. The third kappa shape index (κ3) is 8.37. The fraction of sp³-hybridized carbons (Fsp3) is 0.304. The van der Waals surface area contributed by atoms with E-state index in [1.165, 1.54) is 25.4 Å². The zero-order valence-corrected chi connectivity index (χ0v) is 22.1. The number of fused-ring (bicyclic) bond motifs is 1. The van der Waals surface area contributed by atoms with Crippen LogP contribution in [0.5, 0.6) is 11.5 Å². The Labute approximate surface area is 222 Å². The number of para-hydroxylation sites is 1. The van der Waals surface area contributed by atoms with Crippen molar-refractivity contribution in [2.75, 3.05) is 32.6 Å². The Hall–Kier alpha value is -3.79. The van der Waals surface area contributed by atoms with Crippen molar-refractivity contribution in [3.8, 4) is 22.1 Å². The van der Waals surface area contributed by atoms with E-state index in [9.17, 15) is 22.8 Å². The van der Waals surface area contributed by atoms with Gasteiger partial charge in [-0.05, 0) is 37.3 Å². The molecule has 0 fully saturated rings. The predicted octanol–water partition coefficient (Wildman–Crippen LogP) is 0.907. The molecule has 0 aliphatic carbocycles. The SMILES string of the molecule is CCOC(=O)[C@H](CS(=O)(=O)O)NCC(=O)NNC(=O)COc1ccc(-c2nc3ccccc3s2)cc1OC. The average Bonchev–Trinajstić information content (AvgIpc) is 3.32. The van der Waals surface area contributed by atoms with Gasteiger partial charge in [0.25, 0.3) is 21.9 Å². The first-order valence-corrected chi connectivity index (χ1v) is 13.6. The fourth-order valence-electron chi connectivity index (χ4n) is 3.16. The first-order valence-electron chi connectivity index (χ1n) is 11.2. The molecule has 2 aromatic carbocycles. The Bertz CT molecular complexity index is 1380. The van der Waals surface area contributed by atoms with Crippen molar-refractivity contribution >= 4 is 49.5 Å². The average molecular weight is 567 g/mol. The van der Waals surface area contributed by atoms with Gasteiger partial charge in [-0.25, -0.2) is 4.98 Å². The molecule has 2 amide bonds. The number of esters is 1. The summed E-state index contributed by atoms with van der Waals surface area (Å²) in [6.07, 6.45) is 0. The Morgan fingerprint density at radius 2 is 1.82 bits per heavy atom. The molecule has 204 valence electrons. The van der Waals surface area contributed by atoms with E-state index in [-0.39, 0.29) is 6.61 Å². The Balaban J connectivity index is 1.50. The number of nitrogens with one attached hydrogen (secondary N) is 3. The Kier molecular flexibility index (Phi) is 9.95. The number of benzene rings is 2. The number of amides is 2. The normalized spacial score (nSPS) is 12.0. The van der Waals surface area contributed by atoms with E-state index in [1.54, 1.807) is 18.2 Å². The monoisotopic (exact) mass is 566 g/mol. The van der Waals surface area contributed by atoms with Crippen molar-refractivity contribution in [2.24, 2.45) is 0 Å². The maximum absolute atomic E-state index is 12.1. The van der Waals surface area contributed by atoms with Crippen LogP contribution in [-0.4, -0.2) is 74.4 Å². The van der Waals surface area contributed by atoms with Gasteiger partial charge in [0, 0.05) is 5.56 Å². The molecule has 0 bridgehead atoms. The highest BCUT2D eigenvalue weighted by molar-refractivity contribution is 7.85. The second kappa shape index (κ2) is 13.1. The molecule has 3 rings (SSSR count). The lowest BCUT2D eigenvalue weighted by molar-refractivity contribution is -0.145. The first kappa shape index (κ1) is 28.8. The number of hydrazine groups is 1. The van der Waals surface area contributed by atoms with Crippen LogP contribution >= 0.6 is 11.3 Å². The minimum absolute atomic E-state index is 0.0275. The standard InChI is InChI=1S/C23H26N4O9S2/c1-3-35-23(30)16(13-38(31,32)33)24-11-20(28)26-27-21(29)12-36-17-9-8-14(10-18(17)34-2)22-25-15-6-4-5-7-19(15)37-22/h4-10,16,24H,3,11-13H2,1-2H3,(H,26,28)(H,27,29)(H,31,32,33)/t16-/m0/s1. The van der Waals surface area contributed by atoms with Gasteiger partial charge in [-0.2, -0.15) is 8.42 Å². The van der Waals surface area contributed by atoms with Crippen molar-refractivity contribution in [3.05, 3.63) is 42.5 Å². The van der Waals surface area contributed by atoms with E-state index in [1.807, 2.05) is 24.3 Å². The molecule has 13 nitrogen and oxygen atoms in total. The van der Waals surface area contributed by atoms with Crippen LogP contribution in [0.3, 0.4) is 0 Å². The van der Waals surface area contributed by atoms with Crippen LogP contribution < -0.4 is 25.6 Å². The third-order valence-corrected chi connectivity index (χ3v) is 6.70. The number of carbonyl (C=O) groups is 3. The van der Waals surface area contributed by atoms with Crippen molar-refractivity contribution in [3.63, 3.8) is 0 Å². The first-order chi connectivity index (χ1) is 18.1. The number of nitrogens with zero attached hydrogens (tertiary/aromatic N) is 1. The lowest BCUT2D eigenvalue weighted by atomic mass is 10.2. The van der Waals surface area contributed by atoms with E-state index < -0.39 is 52.8 Å². The summed E-state index contributed by atoms with van der Waals surface area (Å²) in [5, 5.41) is 3.15. The molecule has 0 saturated carbocycles. The molecular weight excluding hydrogens is 540 g/mol. The van der Waals surface area contributed by atoms with Gasteiger partial charge in [0.05, 0.1) is 30.5 Å². The van der Waals surface area contributed by atoms with Gasteiger partial charge >= 0.3 is 5.97 Å². The van der Waals surface area contributed by atoms with Crippen LogP contribution in [0.1, 0.15) is 6.92 Å². The van der Waals surface area contributed by atoms with Crippen LogP contribution in [0, 0.1) is 0 Å². The lowest BCUT2D eigenvalue weighted by Crippen LogP contribution is -2.51. The van der Waals surface area contributed by atoms with Gasteiger partial charge in [0.15, 0.2) is 18.1 Å². The van der Waals surface area contributed by atoms with Crippen LogP contribution in [0.25, 0.3) is 20.8 Å². The highest BCUT2D eigenvalue weighted by atomic mass is 32.2. The number of thiazole rings is 1. The van der Waals surface area contributed by atoms with Crippen molar-refractivity contribution in [2.45, 2.75) is 13.0 Å². The largest absolute Gasteiger partial charge is 0.493 e. The number of rotatable bonds is 12. The fourth-order valence-corrected chi connectivity index (χ4v) is 4.80. The van der Waals surface area contributed by atoms with Gasteiger partial charge in [-0.3, -0.25) is 35.1 Å². The molecule has 0 unspecified atom stereocenters. The molecule has 0 radical (unpaired) electrons. The molecule has 0 aliphatic heterocycles. The van der Waals surface area contributed by atoms with Crippen LogP contribution in [-0.2, 0) is 29.2 Å². The van der Waals surface area contributed by atoms with Gasteiger partial charge in [-0.15, -0.1) is 11.3 Å². The molecule has 1 aromatic heterocycles. The Morgan fingerprint density at radius 1 is 1.08 bits per heavy atom. The summed E-state index contributed by atoms with van der Waals surface area (Å²) in [6, 6.07) is 11.5. The topological polar surface area (TPSA) is 182 Å². The van der Waals surface area contributed by atoms with E-state index in [4.69, 9.17) is 18.8 Å². The number of carbonyl (C=O) groups excluding carboxylic acids is 3. The van der Waals surface area contributed by atoms with Crippen molar-refractivity contribution in [1.29, 1.82) is 0 Å². The molecule has 38 heavy (non-hydrogen) atoms. The molecule has 4 N–H and O–H groups in total. The molecule has 1 heterocycles. The van der Waals surface area contributed by atoms with Gasteiger partial charge in [0.1, 0.15) is 16.8 Å². The minimum Gasteiger partial charge on any atom is -0.493 e. The molecule has 0 spiro atoms. The van der Waals surface area contributed by atoms with E-state index in [0.717, 1.165) is 20.8 Å². The van der Waals surface area contributed by atoms with Crippen LogP contribution in [0.2, 0.25) is 0 Å². The number of hydrogen-bond donors (Lipinski definition) is 4. The number of hydrogen-bond acceptors (Lipinski definition) is 11. The maximum Gasteiger partial charge on any atom is 0.324 e. The quantitative estimate of drug-likeness (QED) is 0.139. The number of methoxy groups -OCH3 is 1. The number of ether oxygens (including phenoxy) is 3. The summed E-state index contributed by atoms with van der Waals surface area (Å²) in [5.41, 5.74) is 5.93. The molecular formula is C23H26N4O9S2. The Morgan fingerprint density at radius 3 is 2.50 bits per heavy atom. The smallest absolute Gasteiger partial charge is 0.324 e. The van der Waals surface area contributed by atoms with E-state index >= 15 is 0 Å². The zero-order valence-electron chi connectivity index (χ0n) is 20.4. The van der Waals surface area contributed by atoms with E-state index in [2.05, 4.69) is 21.2 Å². The molecule has 3 aromatic rings. The zero-order chi connectivity index (χ0) is 27.7. The summed E-state index contributed by atoms with van der Waals surface area (Å²) >= 11 is 1.53. The summed E-state index contributed by atoms with van der Waals surface area (Å²) < 4.78 is 47.8. The highest BCUT2D eigenvalue weighted by Gasteiger charge is 2.26. The van der Waals surface area contributed by atoms with Crippen LogP contribution in [0.4, 0.5) is 0 Å². The third-order valence-electron chi connectivity index (χ3n) is 4.86. The summed E-state index contributed by atoms with van der Waals surface area (Å²) in [5.74, 6) is -2.76. The predicted molar refractivity (Wildman–Crippen MR) is 138 cm³/mol. The highest BCUT2D eigenvalue weighted by Crippen LogP contribution is 2.35. The van der Waals surface area contributed by atoms with E-state index in [0.29, 0.717) is 11.5 Å². The molecule has 1 atom stereocenters. The van der Waals surface area contributed by atoms with Crippen LogP contribution in [0.15, 0.2) is 42.5 Å². The second-order valence-electron chi connectivity index (χ2n) is 7.67. The van der Waals surface area contributed by atoms with Gasteiger partial charge in [-0.1, -0.05) is 12.1 Å². The van der Waals surface area contributed by atoms with Gasteiger partial charge < -0.3 is 14.2 Å². The summed E-state index contributed by atoms with van der Waals surface area (Å²) in [4.78, 5) is 40.5. The summed E-state index contributed by atoms with van der Waals surface area (Å²) in [6.45, 7) is 0.472. The summed E-state index contributed by atoms with van der Waals surface area (Å²) in [7, 11) is -3.06. The second-order valence-corrected chi connectivity index (χ2v) is 10.2. The lowest BCUT2D eigenvalue weighted by Gasteiger charge is -2.16. The molecule has 0 saturated heterocycles.